The lowest BCUT2D eigenvalue weighted by molar-refractivity contribution is 0.584. The quantitative estimate of drug-likeness (QED) is 0.803. The third-order valence-corrected chi connectivity index (χ3v) is 4.47. The van der Waals surface area contributed by atoms with Crippen molar-refractivity contribution in [3.63, 3.8) is 0 Å². The van der Waals surface area contributed by atoms with Gasteiger partial charge in [-0.05, 0) is 31.6 Å². The molecule has 0 bridgehead atoms. The van der Waals surface area contributed by atoms with Crippen LogP contribution in [0.25, 0.3) is 0 Å². The number of aryl methyl sites for hydroxylation is 1. The molecule has 1 saturated carbocycles. The zero-order valence-electron chi connectivity index (χ0n) is 12.1. The Morgan fingerprint density at radius 3 is 2.56 bits per heavy atom. The number of nitrogens with zero attached hydrogens (tertiary/aromatic N) is 1. The maximum absolute atomic E-state index is 4.90. The van der Waals surface area contributed by atoms with E-state index in [2.05, 4.69) is 33.0 Å². The summed E-state index contributed by atoms with van der Waals surface area (Å²) in [6, 6.07) is 0.554. The molecule has 2 rings (SSSR count). The molecule has 18 heavy (non-hydrogen) atoms. The molecular weight excluding hydrogens is 240 g/mol. The molecule has 0 aliphatic heterocycles. The molecule has 1 aromatic heterocycles. The molecule has 0 unspecified atom stereocenters. The highest BCUT2D eigenvalue weighted by Crippen LogP contribution is 2.42. The fraction of sp³-hybridized carbons (Fsp3) is 0.800. The maximum atomic E-state index is 4.90. The van der Waals surface area contributed by atoms with Crippen molar-refractivity contribution in [2.75, 3.05) is 0 Å². The third kappa shape index (κ3) is 4.06. The molecule has 1 aliphatic carbocycles. The molecule has 0 spiro atoms. The zero-order valence-corrected chi connectivity index (χ0v) is 12.9. The van der Waals surface area contributed by atoms with Crippen LogP contribution in [0.2, 0.25) is 0 Å². The van der Waals surface area contributed by atoms with E-state index in [1.807, 2.05) is 11.3 Å². The van der Waals surface area contributed by atoms with E-state index in [1.54, 1.807) is 0 Å². The summed E-state index contributed by atoms with van der Waals surface area (Å²) in [7, 11) is 0. The molecular formula is C15H26N2S. The van der Waals surface area contributed by atoms with Gasteiger partial charge in [-0.3, -0.25) is 0 Å². The van der Waals surface area contributed by atoms with E-state index in [-0.39, 0.29) is 0 Å². The van der Waals surface area contributed by atoms with Crippen LogP contribution in [-0.2, 0) is 13.0 Å². The van der Waals surface area contributed by atoms with Crippen molar-refractivity contribution in [1.29, 1.82) is 0 Å². The van der Waals surface area contributed by atoms with Crippen LogP contribution in [0.15, 0.2) is 0 Å². The zero-order chi connectivity index (χ0) is 13.1. The minimum Gasteiger partial charge on any atom is -0.310 e. The molecule has 0 radical (unpaired) electrons. The molecule has 0 atom stereocenters. The highest BCUT2D eigenvalue weighted by atomic mass is 32.1. The van der Waals surface area contributed by atoms with Crippen LogP contribution < -0.4 is 5.32 Å². The lowest BCUT2D eigenvalue weighted by atomic mass is 10.1. The first-order valence-electron chi connectivity index (χ1n) is 7.28. The monoisotopic (exact) mass is 266 g/mol. The predicted octanol–water partition coefficient (Wildman–Crippen LogP) is 4.11. The summed E-state index contributed by atoms with van der Waals surface area (Å²) in [4.78, 5) is 6.39. The first-order chi connectivity index (χ1) is 8.56. The predicted molar refractivity (Wildman–Crippen MR) is 79.2 cm³/mol. The van der Waals surface area contributed by atoms with Crippen molar-refractivity contribution in [2.45, 2.75) is 71.9 Å². The molecule has 0 amide bonds. The summed E-state index contributed by atoms with van der Waals surface area (Å²) in [6.07, 6.45) is 5.11. The topological polar surface area (TPSA) is 24.9 Å². The summed E-state index contributed by atoms with van der Waals surface area (Å²) in [5.41, 5.74) is 1.41. The van der Waals surface area contributed by atoms with Gasteiger partial charge >= 0.3 is 0 Å². The smallest absolute Gasteiger partial charge is 0.0931 e. The average Bonchev–Trinajstić information content (AvgIpc) is 3.05. The Morgan fingerprint density at radius 2 is 2.00 bits per heavy atom. The van der Waals surface area contributed by atoms with Crippen LogP contribution >= 0.6 is 11.3 Å². The van der Waals surface area contributed by atoms with Crippen molar-refractivity contribution >= 4 is 11.3 Å². The Balaban J connectivity index is 2.01. The number of hydrogen-bond donors (Lipinski definition) is 1. The Labute approximate surface area is 115 Å². The van der Waals surface area contributed by atoms with E-state index in [0.717, 1.165) is 24.8 Å². The number of rotatable bonds is 7. The van der Waals surface area contributed by atoms with Gasteiger partial charge in [-0.25, -0.2) is 4.98 Å². The summed E-state index contributed by atoms with van der Waals surface area (Å²) >= 11 is 1.94. The Bertz CT molecular complexity index is 378. The number of aromatic nitrogens is 1. The minimum absolute atomic E-state index is 0.554. The van der Waals surface area contributed by atoms with Crippen LogP contribution in [-0.4, -0.2) is 11.0 Å². The van der Waals surface area contributed by atoms with E-state index in [0.29, 0.717) is 6.04 Å². The first kappa shape index (κ1) is 14.0. The second kappa shape index (κ2) is 6.16. The van der Waals surface area contributed by atoms with E-state index < -0.39 is 0 Å². The van der Waals surface area contributed by atoms with Gasteiger partial charge in [-0.1, -0.05) is 27.7 Å². The van der Waals surface area contributed by atoms with Gasteiger partial charge in [0.2, 0.25) is 0 Å². The Morgan fingerprint density at radius 1 is 1.28 bits per heavy atom. The molecule has 1 aliphatic rings. The van der Waals surface area contributed by atoms with Crippen molar-refractivity contribution in [3.8, 4) is 0 Å². The Kier molecular flexibility index (Phi) is 4.79. The fourth-order valence-electron chi connectivity index (χ4n) is 2.03. The van der Waals surface area contributed by atoms with Gasteiger partial charge in [0.1, 0.15) is 0 Å². The summed E-state index contributed by atoms with van der Waals surface area (Å²) in [5.74, 6) is 1.55. The van der Waals surface area contributed by atoms with Gasteiger partial charge in [0.05, 0.1) is 10.7 Å². The van der Waals surface area contributed by atoms with Crippen LogP contribution in [0.1, 0.15) is 68.5 Å². The molecule has 102 valence electrons. The molecule has 0 saturated heterocycles. The standard InChI is InChI=1S/C15H26N2S/c1-10(2)5-8-14-17-15(12-6-7-12)13(18-14)9-16-11(3)4/h10-12,16H,5-9H2,1-4H3. The summed E-state index contributed by atoms with van der Waals surface area (Å²) in [5, 5.41) is 4.89. The summed E-state index contributed by atoms with van der Waals surface area (Å²) < 4.78 is 0. The van der Waals surface area contributed by atoms with Crippen LogP contribution in [0.4, 0.5) is 0 Å². The average molecular weight is 266 g/mol. The number of hydrogen-bond acceptors (Lipinski definition) is 3. The second-order valence-corrected chi connectivity index (χ2v) is 7.33. The van der Waals surface area contributed by atoms with Gasteiger partial charge in [0, 0.05) is 23.4 Å². The van der Waals surface area contributed by atoms with Crippen molar-refractivity contribution in [2.24, 2.45) is 5.92 Å². The first-order valence-corrected chi connectivity index (χ1v) is 8.09. The lowest BCUT2D eigenvalue weighted by Gasteiger charge is -2.07. The van der Waals surface area contributed by atoms with E-state index >= 15 is 0 Å². The highest BCUT2D eigenvalue weighted by molar-refractivity contribution is 7.11. The second-order valence-electron chi connectivity index (χ2n) is 6.16. The molecule has 1 N–H and O–H groups in total. The Hall–Kier alpha value is -0.410. The molecule has 1 aromatic rings. The number of thiazole rings is 1. The molecule has 3 heteroatoms. The number of nitrogens with one attached hydrogen (secondary N) is 1. The molecule has 2 nitrogen and oxygen atoms in total. The van der Waals surface area contributed by atoms with E-state index in [4.69, 9.17) is 4.98 Å². The van der Waals surface area contributed by atoms with Gasteiger partial charge < -0.3 is 5.32 Å². The highest BCUT2D eigenvalue weighted by Gasteiger charge is 2.29. The summed E-state index contributed by atoms with van der Waals surface area (Å²) in [6.45, 7) is 9.99. The largest absolute Gasteiger partial charge is 0.310 e. The van der Waals surface area contributed by atoms with Crippen molar-refractivity contribution in [1.82, 2.24) is 10.3 Å². The van der Waals surface area contributed by atoms with Gasteiger partial charge in [-0.15, -0.1) is 11.3 Å². The normalized spacial score (nSPS) is 15.9. The lowest BCUT2D eigenvalue weighted by Crippen LogP contribution is -2.21. The third-order valence-electron chi connectivity index (χ3n) is 3.34. The van der Waals surface area contributed by atoms with Crippen LogP contribution in [0.5, 0.6) is 0 Å². The maximum Gasteiger partial charge on any atom is 0.0931 e. The SMILES string of the molecule is CC(C)CCc1nc(C2CC2)c(CNC(C)C)s1. The molecule has 1 heterocycles. The molecule has 1 fully saturated rings. The van der Waals surface area contributed by atoms with Crippen LogP contribution in [0.3, 0.4) is 0 Å². The van der Waals surface area contributed by atoms with Gasteiger partial charge in [0.25, 0.3) is 0 Å². The van der Waals surface area contributed by atoms with E-state index in [1.165, 1.54) is 34.8 Å². The van der Waals surface area contributed by atoms with E-state index in [9.17, 15) is 0 Å². The van der Waals surface area contributed by atoms with Crippen molar-refractivity contribution < 1.29 is 0 Å². The molecule has 0 aromatic carbocycles. The van der Waals surface area contributed by atoms with Gasteiger partial charge in [0.15, 0.2) is 0 Å². The van der Waals surface area contributed by atoms with Crippen LogP contribution in [0, 0.1) is 5.92 Å². The van der Waals surface area contributed by atoms with Gasteiger partial charge in [-0.2, -0.15) is 0 Å². The minimum atomic E-state index is 0.554. The van der Waals surface area contributed by atoms with Crippen molar-refractivity contribution in [3.05, 3.63) is 15.6 Å². The fourth-order valence-corrected chi connectivity index (χ4v) is 3.15.